The Balaban J connectivity index is 4.70. The van der Waals surface area contributed by atoms with Crippen molar-refractivity contribution in [2.24, 2.45) is 11.7 Å². The standard InChI is InChI=1S/C12H23N3O5/c1-6(2)7(9(17)15-10(18)8(13)16)14-11(19)20-12(3,4)5/h6-8,16H,13H2,1-5H3,(H,14,19)(H,15,17,18)/t7-,8?/m0/s1. The Morgan fingerprint density at radius 1 is 1.15 bits per heavy atom. The zero-order valence-corrected chi connectivity index (χ0v) is 12.4. The number of nitrogens with two attached hydrogens (primary N) is 1. The monoisotopic (exact) mass is 289 g/mol. The quantitative estimate of drug-likeness (QED) is 0.514. The van der Waals surface area contributed by atoms with Crippen LogP contribution in [0.3, 0.4) is 0 Å². The lowest BCUT2D eigenvalue weighted by atomic mass is 10.0. The fraction of sp³-hybridized carbons (Fsp3) is 0.750. The molecule has 3 amide bonds. The minimum atomic E-state index is -1.80. The van der Waals surface area contributed by atoms with Gasteiger partial charge >= 0.3 is 6.09 Å². The van der Waals surface area contributed by atoms with Crippen LogP contribution in [0.5, 0.6) is 0 Å². The van der Waals surface area contributed by atoms with E-state index in [1.807, 2.05) is 5.32 Å². The molecule has 0 heterocycles. The van der Waals surface area contributed by atoms with Crippen LogP contribution >= 0.6 is 0 Å². The van der Waals surface area contributed by atoms with Gasteiger partial charge in [-0.3, -0.25) is 20.6 Å². The van der Waals surface area contributed by atoms with Crippen molar-refractivity contribution in [2.75, 3.05) is 0 Å². The second-order valence-electron chi connectivity index (χ2n) is 5.67. The molecule has 1 unspecified atom stereocenters. The SMILES string of the molecule is CC(C)[C@H](NC(=O)OC(C)(C)C)C(=O)NC(=O)C(N)O. The van der Waals surface area contributed by atoms with Gasteiger partial charge in [0.2, 0.25) is 5.91 Å². The van der Waals surface area contributed by atoms with E-state index in [1.54, 1.807) is 34.6 Å². The highest BCUT2D eigenvalue weighted by Gasteiger charge is 2.28. The molecule has 2 atom stereocenters. The van der Waals surface area contributed by atoms with Crippen LogP contribution in [-0.2, 0) is 14.3 Å². The van der Waals surface area contributed by atoms with E-state index in [0.29, 0.717) is 0 Å². The number of hydrogen-bond acceptors (Lipinski definition) is 6. The number of aliphatic hydroxyl groups is 1. The summed E-state index contributed by atoms with van der Waals surface area (Å²) in [6.45, 7) is 8.43. The fourth-order valence-corrected chi connectivity index (χ4v) is 1.24. The summed E-state index contributed by atoms with van der Waals surface area (Å²) in [5, 5.41) is 13.1. The average Bonchev–Trinajstić information content (AvgIpc) is 2.22. The number of imide groups is 1. The van der Waals surface area contributed by atoms with E-state index in [4.69, 9.17) is 15.6 Å². The summed E-state index contributed by atoms with van der Waals surface area (Å²) in [5.74, 6) is -2.09. The molecule has 0 aromatic heterocycles. The lowest BCUT2D eigenvalue weighted by molar-refractivity contribution is -0.137. The number of amides is 3. The molecule has 0 saturated heterocycles. The molecule has 0 aliphatic rings. The number of nitrogens with one attached hydrogen (secondary N) is 2. The van der Waals surface area contributed by atoms with E-state index in [1.165, 1.54) is 0 Å². The Morgan fingerprint density at radius 2 is 1.65 bits per heavy atom. The van der Waals surface area contributed by atoms with Gasteiger partial charge in [-0.1, -0.05) is 13.8 Å². The molecule has 5 N–H and O–H groups in total. The summed E-state index contributed by atoms with van der Waals surface area (Å²) in [6.07, 6.45) is -2.57. The van der Waals surface area contributed by atoms with Gasteiger partial charge in [0, 0.05) is 0 Å². The second-order valence-corrected chi connectivity index (χ2v) is 5.67. The van der Waals surface area contributed by atoms with Crippen LogP contribution in [-0.4, -0.2) is 40.9 Å². The summed E-state index contributed by atoms with van der Waals surface area (Å²) >= 11 is 0. The first-order valence-corrected chi connectivity index (χ1v) is 6.22. The number of aliphatic hydroxyl groups excluding tert-OH is 1. The van der Waals surface area contributed by atoms with Crippen LogP contribution in [0.15, 0.2) is 0 Å². The molecule has 0 saturated carbocycles. The first-order valence-electron chi connectivity index (χ1n) is 6.22. The Kier molecular flexibility index (Phi) is 6.60. The van der Waals surface area contributed by atoms with Crippen LogP contribution < -0.4 is 16.4 Å². The molecule has 0 aromatic rings. The zero-order chi connectivity index (χ0) is 16.1. The van der Waals surface area contributed by atoms with E-state index in [2.05, 4.69) is 5.32 Å². The predicted molar refractivity (Wildman–Crippen MR) is 71.3 cm³/mol. The number of alkyl carbamates (subject to hydrolysis) is 1. The average molecular weight is 289 g/mol. The third kappa shape index (κ3) is 7.05. The van der Waals surface area contributed by atoms with Gasteiger partial charge < -0.3 is 15.2 Å². The topological polar surface area (TPSA) is 131 Å². The largest absolute Gasteiger partial charge is 0.444 e. The molecular weight excluding hydrogens is 266 g/mol. The molecule has 20 heavy (non-hydrogen) atoms. The minimum Gasteiger partial charge on any atom is -0.444 e. The van der Waals surface area contributed by atoms with Gasteiger partial charge in [0.05, 0.1) is 0 Å². The van der Waals surface area contributed by atoms with Crippen LogP contribution in [0.4, 0.5) is 4.79 Å². The maximum absolute atomic E-state index is 11.8. The zero-order valence-electron chi connectivity index (χ0n) is 12.4. The first kappa shape index (κ1) is 18.3. The number of rotatable bonds is 4. The van der Waals surface area contributed by atoms with Crippen molar-refractivity contribution in [1.82, 2.24) is 10.6 Å². The summed E-state index contributed by atoms with van der Waals surface area (Å²) < 4.78 is 5.03. The fourth-order valence-electron chi connectivity index (χ4n) is 1.24. The Morgan fingerprint density at radius 3 is 2.00 bits per heavy atom. The smallest absolute Gasteiger partial charge is 0.408 e. The third-order valence-corrected chi connectivity index (χ3v) is 2.14. The van der Waals surface area contributed by atoms with Crippen molar-refractivity contribution in [3.63, 3.8) is 0 Å². The molecule has 0 aromatic carbocycles. The van der Waals surface area contributed by atoms with Gasteiger partial charge in [0.1, 0.15) is 11.6 Å². The van der Waals surface area contributed by atoms with Crippen LogP contribution in [0.2, 0.25) is 0 Å². The lowest BCUT2D eigenvalue weighted by Gasteiger charge is -2.25. The molecule has 0 fully saturated rings. The molecule has 0 spiro atoms. The van der Waals surface area contributed by atoms with Crippen LogP contribution in [0.25, 0.3) is 0 Å². The molecule has 0 aliphatic carbocycles. The van der Waals surface area contributed by atoms with Crippen LogP contribution in [0.1, 0.15) is 34.6 Å². The van der Waals surface area contributed by atoms with E-state index in [9.17, 15) is 14.4 Å². The van der Waals surface area contributed by atoms with Crippen molar-refractivity contribution in [2.45, 2.75) is 52.5 Å². The molecule has 0 radical (unpaired) electrons. The van der Waals surface area contributed by atoms with Gasteiger partial charge in [0.25, 0.3) is 5.91 Å². The molecular formula is C12H23N3O5. The summed E-state index contributed by atoms with van der Waals surface area (Å²) in [5.41, 5.74) is 4.22. The summed E-state index contributed by atoms with van der Waals surface area (Å²) in [4.78, 5) is 34.6. The molecule has 8 nitrogen and oxygen atoms in total. The number of carbonyl (C=O) groups is 3. The van der Waals surface area contributed by atoms with E-state index in [0.717, 1.165) is 0 Å². The summed E-state index contributed by atoms with van der Waals surface area (Å²) in [7, 11) is 0. The van der Waals surface area contributed by atoms with Crippen molar-refractivity contribution >= 4 is 17.9 Å². The Labute approximate surface area is 118 Å². The van der Waals surface area contributed by atoms with E-state index in [-0.39, 0.29) is 5.92 Å². The molecule has 0 bridgehead atoms. The predicted octanol–water partition coefficient (Wildman–Crippen LogP) is -0.544. The van der Waals surface area contributed by atoms with Crippen molar-refractivity contribution in [3.05, 3.63) is 0 Å². The maximum Gasteiger partial charge on any atom is 0.408 e. The second kappa shape index (κ2) is 7.20. The summed E-state index contributed by atoms with van der Waals surface area (Å²) in [6, 6.07) is -0.979. The van der Waals surface area contributed by atoms with Gasteiger partial charge in [-0.2, -0.15) is 0 Å². The van der Waals surface area contributed by atoms with Gasteiger partial charge in [-0.25, -0.2) is 4.79 Å². The number of hydrogen-bond donors (Lipinski definition) is 4. The lowest BCUT2D eigenvalue weighted by Crippen LogP contribution is -2.54. The Bertz CT molecular complexity index is 374. The van der Waals surface area contributed by atoms with Crippen molar-refractivity contribution in [1.29, 1.82) is 0 Å². The molecule has 0 aliphatic heterocycles. The van der Waals surface area contributed by atoms with E-state index >= 15 is 0 Å². The highest BCUT2D eigenvalue weighted by molar-refractivity contribution is 6.00. The van der Waals surface area contributed by atoms with Crippen molar-refractivity contribution < 1.29 is 24.2 Å². The normalized spacial score (nSPS) is 14.4. The molecule has 0 rings (SSSR count). The van der Waals surface area contributed by atoms with Crippen molar-refractivity contribution in [3.8, 4) is 0 Å². The molecule has 8 heteroatoms. The van der Waals surface area contributed by atoms with E-state index < -0.39 is 35.8 Å². The van der Waals surface area contributed by atoms with Gasteiger partial charge in [-0.05, 0) is 26.7 Å². The highest BCUT2D eigenvalue weighted by Crippen LogP contribution is 2.08. The molecule has 116 valence electrons. The van der Waals surface area contributed by atoms with Crippen LogP contribution in [0, 0.1) is 5.92 Å². The van der Waals surface area contributed by atoms with Gasteiger partial charge in [-0.15, -0.1) is 0 Å². The number of carbonyl (C=O) groups excluding carboxylic acids is 3. The Hall–Kier alpha value is -1.67. The van der Waals surface area contributed by atoms with Gasteiger partial charge in [0.15, 0.2) is 6.23 Å². The third-order valence-electron chi connectivity index (χ3n) is 2.14. The minimum absolute atomic E-state index is 0.287. The first-order chi connectivity index (χ1) is 8.94. The number of ether oxygens (including phenoxy) is 1. The highest BCUT2D eigenvalue weighted by atomic mass is 16.6. The maximum atomic E-state index is 11.8.